The zero-order chi connectivity index (χ0) is 29.7. The average Bonchev–Trinajstić information content (AvgIpc) is 2.90. The fourth-order valence-electron chi connectivity index (χ4n) is 3.90. The Morgan fingerprint density at radius 3 is 2.15 bits per heavy atom. The zero-order valence-electron chi connectivity index (χ0n) is 23.0. The molecule has 0 spiro atoms. The number of hydrogen-bond donors (Lipinski definition) is 1. The topological polar surface area (TPSA) is 96.0 Å². The number of carbonyl (C=O) groups excluding carboxylic acids is 2. The van der Waals surface area contributed by atoms with E-state index in [-0.39, 0.29) is 28.1 Å². The van der Waals surface area contributed by atoms with Crippen molar-refractivity contribution in [1.82, 2.24) is 10.2 Å². The summed E-state index contributed by atoms with van der Waals surface area (Å²) in [7, 11) is -2.68. The first kappa shape index (κ1) is 31.3. The first-order valence-electron chi connectivity index (χ1n) is 12.5. The van der Waals surface area contributed by atoms with E-state index in [1.165, 1.54) is 35.2 Å². The summed E-state index contributed by atoms with van der Waals surface area (Å²) in [4.78, 5) is 28.5. The molecular weight excluding hydrogens is 573 g/mol. The van der Waals surface area contributed by atoms with Crippen molar-refractivity contribution in [2.75, 3.05) is 18.0 Å². The number of halogens is 2. The molecule has 0 unspecified atom stereocenters. The average molecular weight is 607 g/mol. The van der Waals surface area contributed by atoms with Gasteiger partial charge >= 0.3 is 0 Å². The number of anilines is 1. The van der Waals surface area contributed by atoms with Gasteiger partial charge in [-0.15, -0.1) is 0 Å². The number of methoxy groups -OCH3 is 1. The zero-order valence-corrected chi connectivity index (χ0v) is 25.3. The van der Waals surface area contributed by atoms with E-state index in [0.29, 0.717) is 10.8 Å². The van der Waals surface area contributed by atoms with E-state index in [0.717, 1.165) is 9.87 Å². The van der Waals surface area contributed by atoms with E-state index in [2.05, 4.69) is 5.32 Å². The fourth-order valence-corrected chi connectivity index (χ4v) is 5.92. The number of nitrogens with zero attached hydrogens (tertiary/aromatic N) is 2. The van der Waals surface area contributed by atoms with Gasteiger partial charge in [-0.1, -0.05) is 53.5 Å². The molecule has 0 bridgehead atoms. The molecule has 0 saturated heterocycles. The smallest absolute Gasteiger partial charge is 0.264 e. The van der Waals surface area contributed by atoms with Gasteiger partial charge in [0.05, 0.1) is 22.7 Å². The Morgan fingerprint density at radius 1 is 0.975 bits per heavy atom. The molecule has 0 radical (unpaired) electrons. The second-order valence-corrected chi connectivity index (χ2v) is 12.9. The maximum absolute atomic E-state index is 14.0. The monoisotopic (exact) mass is 605 g/mol. The number of sulfonamides is 1. The van der Waals surface area contributed by atoms with Gasteiger partial charge in [0, 0.05) is 17.1 Å². The molecule has 0 fully saturated rings. The largest absolute Gasteiger partial charge is 0.497 e. The van der Waals surface area contributed by atoms with Crippen molar-refractivity contribution in [2.24, 2.45) is 0 Å². The Balaban J connectivity index is 2.05. The van der Waals surface area contributed by atoms with E-state index < -0.39 is 34.1 Å². The maximum Gasteiger partial charge on any atom is 0.264 e. The molecule has 3 aromatic carbocycles. The summed E-state index contributed by atoms with van der Waals surface area (Å²) >= 11 is 12.5. The third-order valence-electron chi connectivity index (χ3n) is 5.97. The van der Waals surface area contributed by atoms with Gasteiger partial charge in [0.1, 0.15) is 18.3 Å². The quantitative estimate of drug-likeness (QED) is 0.328. The standard InChI is InChI=1S/C29H33Cl2N3O5S/c1-20(28(36)32-29(2,3)4)33(18-21-11-14-23(39-5)15-12-21)27(35)19-34(26-16-13-22(30)17-25(26)31)40(37,38)24-9-7-6-8-10-24/h6-17,20H,18-19H2,1-5H3,(H,32,36)/t20-/m0/s1. The highest BCUT2D eigenvalue weighted by Crippen LogP contribution is 2.33. The van der Waals surface area contributed by atoms with E-state index in [1.807, 2.05) is 20.8 Å². The molecule has 2 amide bonds. The lowest BCUT2D eigenvalue weighted by molar-refractivity contribution is -0.140. The Morgan fingerprint density at radius 2 is 1.60 bits per heavy atom. The van der Waals surface area contributed by atoms with Gasteiger partial charge in [-0.2, -0.15) is 0 Å². The number of benzene rings is 3. The first-order valence-corrected chi connectivity index (χ1v) is 14.7. The van der Waals surface area contributed by atoms with Crippen molar-refractivity contribution in [3.8, 4) is 5.75 Å². The molecule has 3 aromatic rings. The number of hydrogen-bond acceptors (Lipinski definition) is 5. The molecule has 214 valence electrons. The molecule has 8 nitrogen and oxygen atoms in total. The summed E-state index contributed by atoms with van der Waals surface area (Å²) in [5.41, 5.74) is 0.269. The van der Waals surface area contributed by atoms with E-state index in [4.69, 9.17) is 27.9 Å². The summed E-state index contributed by atoms with van der Waals surface area (Å²) in [6, 6.07) is 18.2. The summed E-state index contributed by atoms with van der Waals surface area (Å²) in [6.45, 7) is 6.56. The van der Waals surface area contributed by atoms with Gasteiger partial charge < -0.3 is 15.0 Å². The van der Waals surface area contributed by atoms with Crippen LogP contribution in [0, 0.1) is 0 Å². The third-order valence-corrected chi connectivity index (χ3v) is 8.28. The summed E-state index contributed by atoms with van der Waals surface area (Å²) in [5, 5.41) is 3.26. The van der Waals surface area contributed by atoms with E-state index >= 15 is 0 Å². The van der Waals surface area contributed by atoms with Crippen LogP contribution in [-0.4, -0.2) is 50.4 Å². The number of amides is 2. The lowest BCUT2D eigenvalue weighted by Crippen LogP contribution is -2.54. The molecule has 0 aromatic heterocycles. The molecule has 0 aliphatic heterocycles. The van der Waals surface area contributed by atoms with Crippen molar-refractivity contribution in [1.29, 1.82) is 0 Å². The highest BCUT2D eigenvalue weighted by Gasteiger charge is 2.34. The third kappa shape index (κ3) is 7.90. The lowest BCUT2D eigenvalue weighted by atomic mass is 10.1. The van der Waals surface area contributed by atoms with Crippen molar-refractivity contribution in [3.05, 3.63) is 88.4 Å². The molecular formula is C29H33Cl2N3O5S. The van der Waals surface area contributed by atoms with E-state index in [9.17, 15) is 18.0 Å². The molecule has 1 atom stereocenters. The number of ether oxygens (including phenoxy) is 1. The normalized spacial score (nSPS) is 12.4. The van der Waals surface area contributed by atoms with E-state index in [1.54, 1.807) is 56.5 Å². The molecule has 1 N–H and O–H groups in total. The van der Waals surface area contributed by atoms with Crippen LogP contribution in [0.25, 0.3) is 0 Å². The van der Waals surface area contributed by atoms with Crippen molar-refractivity contribution in [3.63, 3.8) is 0 Å². The van der Waals surface area contributed by atoms with Crippen molar-refractivity contribution in [2.45, 2.75) is 50.7 Å². The van der Waals surface area contributed by atoms with Crippen LogP contribution < -0.4 is 14.4 Å². The van der Waals surface area contributed by atoms with Gasteiger partial charge in [0.2, 0.25) is 11.8 Å². The molecule has 3 rings (SSSR count). The lowest BCUT2D eigenvalue weighted by Gasteiger charge is -2.33. The number of rotatable bonds is 10. The predicted octanol–water partition coefficient (Wildman–Crippen LogP) is 5.53. The van der Waals surface area contributed by atoms with Gasteiger partial charge in [-0.3, -0.25) is 13.9 Å². The highest BCUT2D eigenvalue weighted by atomic mass is 35.5. The molecule has 0 aliphatic rings. The highest BCUT2D eigenvalue weighted by molar-refractivity contribution is 7.92. The molecule has 0 saturated carbocycles. The molecule has 40 heavy (non-hydrogen) atoms. The van der Waals surface area contributed by atoms with Crippen LogP contribution in [0.3, 0.4) is 0 Å². The number of carbonyl (C=O) groups is 2. The Bertz CT molecular complexity index is 1440. The predicted molar refractivity (Wildman–Crippen MR) is 158 cm³/mol. The Labute approximate surface area is 245 Å². The van der Waals surface area contributed by atoms with Crippen LogP contribution in [0.1, 0.15) is 33.3 Å². The van der Waals surface area contributed by atoms with Crippen LogP contribution in [0.15, 0.2) is 77.7 Å². The molecule has 11 heteroatoms. The minimum atomic E-state index is -4.23. The van der Waals surface area contributed by atoms with Crippen LogP contribution in [-0.2, 0) is 26.2 Å². The fraction of sp³-hybridized carbons (Fsp3) is 0.310. The maximum atomic E-state index is 14.0. The SMILES string of the molecule is COc1ccc(CN(C(=O)CN(c2ccc(Cl)cc2Cl)S(=O)(=O)c2ccccc2)[C@@H](C)C(=O)NC(C)(C)C)cc1. The minimum Gasteiger partial charge on any atom is -0.497 e. The summed E-state index contributed by atoms with van der Waals surface area (Å²) in [6.07, 6.45) is 0. The summed E-state index contributed by atoms with van der Waals surface area (Å²) < 4.78 is 33.8. The minimum absolute atomic E-state index is 0.0194. The van der Waals surface area contributed by atoms with Gasteiger partial charge in [-0.25, -0.2) is 8.42 Å². The van der Waals surface area contributed by atoms with Gasteiger partial charge in [-0.05, 0) is 75.7 Å². The van der Waals surface area contributed by atoms with Crippen LogP contribution >= 0.6 is 23.2 Å². The van der Waals surface area contributed by atoms with Crippen molar-refractivity contribution < 1.29 is 22.7 Å². The second kappa shape index (κ2) is 12.9. The van der Waals surface area contributed by atoms with Crippen LogP contribution in [0.5, 0.6) is 5.75 Å². The second-order valence-electron chi connectivity index (χ2n) is 10.2. The first-order chi connectivity index (χ1) is 18.7. The number of nitrogens with one attached hydrogen (secondary N) is 1. The van der Waals surface area contributed by atoms with Gasteiger partial charge in [0.15, 0.2) is 0 Å². The molecule has 0 heterocycles. The molecule has 0 aliphatic carbocycles. The Kier molecular flexibility index (Phi) is 10.1. The van der Waals surface area contributed by atoms with Crippen LogP contribution in [0.4, 0.5) is 5.69 Å². The van der Waals surface area contributed by atoms with Gasteiger partial charge in [0.25, 0.3) is 10.0 Å². The van der Waals surface area contributed by atoms with Crippen molar-refractivity contribution >= 4 is 50.7 Å². The summed E-state index contributed by atoms with van der Waals surface area (Å²) in [5.74, 6) is -0.341. The Hall–Kier alpha value is -3.27. The van der Waals surface area contributed by atoms with Crippen LogP contribution in [0.2, 0.25) is 10.0 Å².